The molecule has 2 aromatic heterocycles. The van der Waals surface area contributed by atoms with Crippen molar-refractivity contribution in [2.24, 2.45) is 5.73 Å². The average Bonchev–Trinajstić information content (AvgIpc) is 2.28. The second kappa shape index (κ2) is 4.58. The number of rotatable bonds is 3. The first-order valence-electron chi connectivity index (χ1n) is 5.40. The van der Waals surface area contributed by atoms with Crippen molar-refractivity contribution in [1.82, 2.24) is 9.97 Å². The fraction of sp³-hybridized carbons (Fsp3) is 0.333. The Hall–Kier alpha value is -1.20. The molecule has 0 amide bonds. The van der Waals surface area contributed by atoms with Gasteiger partial charge in [-0.05, 0) is 41.9 Å². The van der Waals surface area contributed by atoms with Gasteiger partial charge in [0.1, 0.15) is 5.52 Å². The summed E-state index contributed by atoms with van der Waals surface area (Å²) in [6.07, 6.45) is 3.54. The molecule has 4 nitrogen and oxygen atoms in total. The fourth-order valence-corrected chi connectivity index (χ4v) is 1.84. The highest BCUT2D eigenvalue weighted by Gasteiger charge is 2.16. The number of nitrogens with zero attached hydrogens (tertiary/aromatic N) is 2. The second-order valence-corrected chi connectivity index (χ2v) is 5.51. The number of hydrogen-bond acceptors (Lipinski definition) is 4. The molecule has 0 radical (unpaired) electrons. The van der Waals surface area contributed by atoms with Gasteiger partial charge >= 0.3 is 0 Å². The van der Waals surface area contributed by atoms with Crippen LogP contribution in [-0.4, -0.2) is 22.1 Å². The van der Waals surface area contributed by atoms with Gasteiger partial charge in [0.05, 0.1) is 11.2 Å². The van der Waals surface area contributed by atoms with E-state index in [2.05, 4.69) is 45.1 Å². The maximum atomic E-state index is 5.72. The van der Waals surface area contributed by atoms with Gasteiger partial charge < -0.3 is 11.1 Å². The topological polar surface area (TPSA) is 63.8 Å². The lowest BCUT2D eigenvalue weighted by molar-refractivity contribution is 0.580. The lowest BCUT2D eigenvalue weighted by atomic mass is 10.1. The molecule has 0 aromatic carbocycles. The van der Waals surface area contributed by atoms with Gasteiger partial charge in [0.2, 0.25) is 0 Å². The Kier molecular flexibility index (Phi) is 3.31. The predicted molar refractivity (Wildman–Crippen MR) is 74.0 cm³/mol. The summed E-state index contributed by atoms with van der Waals surface area (Å²) in [6, 6.07) is 3.86. The Morgan fingerprint density at radius 1 is 1.41 bits per heavy atom. The van der Waals surface area contributed by atoms with E-state index in [0.717, 1.165) is 21.2 Å². The van der Waals surface area contributed by atoms with Gasteiger partial charge in [0.15, 0.2) is 0 Å². The minimum atomic E-state index is -0.164. The molecule has 5 heteroatoms. The Balaban J connectivity index is 2.48. The smallest absolute Gasteiger partial charge is 0.112 e. The molecule has 2 heterocycles. The Morgan fingerprint density at radius 3 is 2.88 bits per heavy atom. The lowest BCUT2D eigenvalue weighted by Gasteiger charge is -2.26. The first kappa shape index (κ1) is 12.3. The van der Waals surface area contributed by atoms with E-state index in [0.29, 0.717) is 6.54 Å². The van der Waals surface area contributed by atoms with Crippen molar-refractivity contribution in [3.63, 3.8) is 0 Å². The Labute approximate surface area is 109 Å². The number of aromatic nitrogens is 2. The van der Waals surface area contributed by atoms with Crippen molar-refractivity contribution < 1.29 is 0 Å². The lowest BCUT2D eigenvalue weighted by Crippen LogP contribution is -2.39. The van der Waals surface area contributed by atoms with Gasteiger partial charge in [-0.1, -0.05) is 0 Å². The van der Waals surface area contributed by atoms with Crippen molar-refractivity contribution in [3.8, 4) is 0 Å². The summed E-state index contributed by atoms with van der Waals surface area (Å²) < 4.78 is 0.924. The van der Waals surface area contributed by atoms with Gasteiger partial charge in [-0.15, -0.1) is 0 Å². The van der Waals surface area contributed by atoms with Crippen molar-refractivity contribution >= 4 is 32.7 Å². The van der Waals surface area contributed by atoms with Gasteiger partial charge in [-0.25, -0.2) is 0 Å². The van der Waals surface area contributed by atoms with E-state index < -0.39 is 0 Å². The van der Waals surface area contributed by atoms with Crippen LogP contribution >= 0.6 is 15.9 Å². The van der Waals surface area contributed by atoms with Crippen LogP contribution in [0.25, 0.3) is 11.0 Å². The second-order valence-electron chi connectivity index (χ2n) is 4.59. The van der Waals surface area contributed by atoms with E-state index in [1.54, 1.807) is 12.4 Å². The Bertz CT molecular complexity index is 539. The van der Waals surface area contributed by atoms with Crippen LogP contribution in [0.3, 0.4) is 0 Å². The van der Waals surface area contributed by atoms with Gasteiger partial charge in [-0.2, -0.15) is 0 Å². The maximum absolute atomic E-state index is 5.72. The van der Waals surface area contributed by atoms with Crippen molar-refractivity contribution in [2.45, 2.75) is 19.4 Å². The summed E-state index contributed by atoms with van der Waals surface area (Å²) in [5, 5.41) is 3.39. The molecule has 0 bridgehead atoms. The molecule has 0 spiro atoms. The summed E-state index contributed by atoms with van der Waals surface area (Å²) in [5.41, 5.74) is 8.23. The molecule has 2 aromatic rings. The van der Waals surface area contributed by atoms with E-state index in [4.69, 9.17) is 5.73 Å². The summed E-state index contributed by atoms with van der Waals surface area (Å²) in [5.74, 6) is 0. The van der Waals surface area contributed by atoms with Crippen LogP contribution in [0.15, 0.2) is 29.0 Å². The summed E-state index contributed by atoms with van der Waals surface area (Å²) >= 11 is 3.39. The van der Waals surface area contributed by atoms with Crippen LogP contribution in [0, 0.1) is 0 Å². The molecule has 0 saturated heterocycles. The van der Waals surface area contributed by atoms with Crippen LogP contribution in [0.5, 0.6) is 0 Å². The van der Waals surface area contributed by atoms with Gasteiger partial charge in [0.25, 0.3) is 0 Å². The summed E-state index contributed by atoms with van der Waals surface area (Å²) in [4.78, 5) is 8.68. The number of nitrogens with two attached hydrogens (primary N) is 1. The van der Waals surface area contributed by atoms with E-state index in [1.807, 2.05) is 12.1 Å². The molecule has 2 rings (SSSR count). The third-order valence-electron chi connectivity index (χ3n) is 2.53. The fourth-order valence-electron chi connectivity index (χ4n) is 1.52. The summed E-state index contributed by atoms with van der Waals surface area (Å²) in [6.45, 7) is 4.66. The van der Waals surface area contributed by atoms with E-state index in [1.165, 1.54) is 0 Å². The van der Waals surface area contributed by atoms with Crippen molar-refractivity contribution in [3.05, 3.63) is 29.0 Å². The number of fused-ring (bicyclic) bond motifs is 1. The summed E-state index contributed by atoms with van der Waals surface area (Å²) in [7, 11) is 0. The molecule has 90 valence electrons. The standard InChI is InChI=1S/C12H15BrN4/c1-12(2,7-14)17-9-3-4-15-10-5-8(13)6-16-11(9)10/h3-6H,7,14H2,1-2H3,(H,15,17). The number of pyridine rings is 2. The predicted octanol–water partition coefficient (Wildman–Crippen LogP) is 2.54. The normalized spacial score (nSPS) is 11.8. The Morgan fingerprint density at radius 2 is 2.18 bits per heavy atom. The van der Waals surface area contributed by atoms with Crippen LogP contribution in [0.4, 0.5) is 5.69 Å². The van der Waals surface area contributed by atoms with Crippen LogP contribution in [0.2, 0.25) is 0 Å². The highest BCUT2D eigenvalue weighted by atomic mass is 79.9. The zero-order valence-corrected chi connectivity index (χ0v) is 11.5. The highest BCUT2D eigenvalue weighted by molar-refractivity contribution is 9.10. The third kappa shape index (κ3) is 2.73. The zero-order valence-electron chi connectivity index (χ0n) is 9.87. The van der Waals surface area contributed by atoms with Crippen molar-refractivity contribution in [1.29, 1.82) is 0 Å². The van der Waals surface area contributed by atoms with Crippen LogP contribution in [0.1, 0.15) is 13.8 Å². The molecular formula is C12H15BrN4. The molecule has 0 aliphatic heterocycles. The van der Waals surface area contributed by atoms with Crippen LogP contribution < -0.4 is 11.1 Å². The van der Waals surface area contributed by atoms with Crippen LogP contribution in [-0.2, 0) is 0 Å². The monoisotopic (exact) mass is 294 g/mol. The maximum Gasteiger partial charge on any atom is 0.112 e. The minimum Gasteiger partial charge on any atom is -0.377 e. The molecular weight excluding hydrogens is 280 g/mol. The van der Waals surface area contributed by atoms with E-state index in [9.17, 15) is 0 Å². The molecule has 17 heavy (non-hydrogen) atoms. The SMILES string of the molecule is CC(C)(CN)Nc1ccnc2cc(Br)cnc12. The largest absolute Gasteiger partial charge is 0.377 e. The highest BCUT2D eigenvalue weighted by Crippen LogP contribution is 2.24. The third-order valence-corrected chi connectivity index (χ3v) is 2.96. The molecule has 0 aliphatic carbocycles. The molecule has 0 saturated carbocycles. The molecule has 0 aliphatic rings. The molecule has 3 N–H and O–H groups in total. The number of halogens is 1. The minimum absolute atomic E-state index is 0.164. The van der Waals surface area contributed by atoms with E-state index >= 15 is 0 Å². The molecule has 0 unspecified atom stereocenters. The zero-order chi connectivity index (χ0) is 12.5. The first-order chi connectivity index (χ1) is 8.02. The van der Waals surface area contributed by atoms with Crippen molar-refractivity contribution in [2.75, 3.05) is 11.9 Å². The number of hydrogen-bond donors (Lipinski definition) is 2. The quantitative estimate of drug-likeness (QED) is 0.913. The number of nitrogens with one attached hydrogen (secondary N) is 1. The first-order valence-corrected chi connectivity index (χ1v) is 6.20. The van der Waals surface area contributed by atoms with E-state index in [-0.39, 0.29) is 5.54 Å². The van der Waals surface area contributed by atoms with Gasteiger partial charge in [-0.3, -0.25) is 9.97 Å². The molecule has 0 fully saturated rings. The van der Waals surface area contributed by atoms with Gasteiger partial charge in [0, 0.05) is 29.0 Å². The number of anilines is 1. The molecule has 0 atom stereocenters. The average molecular weight is 295 g/mol.